The summed E-state index contributed by atoms with van der Waals surface area (Å²) in [5.41, 5.74) is 6.56. The standard InChI is InChI=1S/C21H20BrN5O3S/c22-14-4-1-3-13(11-14)16(26-8-6-12(7-9-26)18(23)28)17-20(29)27-21(31-17)24-19(25-27)15-5-2-10-30-15/h1-5,10-12,16,29H,6-9H2,(H2,23,28)/t16-/m0/s1. The highest BCUT2D eigenvalue weighted by Crippen LogP contribution is 2.42. The molecule has 1 aromatic carbocycles. The number of fused-ring (bicyclic) bond motifs is 1. The number of piperidine rings is 1. The van der Waals surface area contributed by atoms with Crippen molar-refractivity contribution in [1.82, 2.24) is 19.5 Å². The number of furan rings is 1. The predicted molar refractivity (Wildman–Crippen MR) is 120 cm³/mol. The maximum atomic E-state index is 11.6. The van der Waals surface area contributed by atoms with Crippen LogP contribution in [0.25, 0.3) is 16.5 Å². The van der Waals surface area contributed by atoms with Gasteiger partial charge < -0.3 is 15.3 Å². The van der Waals surface area contributed by atoms with Crippen molar-refractivity contribution >= 4 is 38.1 Å². The molecular formula is C21H20BrN5O3S. The number of amides is 1. The summed E-state index contributed by atoms with van der Waals surface area (Å²) in [6, 6.07) is 11.4. The molecule has 4 heterocycles. The third kappa shape index (κ3) is 3.75. The number of thiazole rings is 1. The van der Waals surface area contributed by atoms with Crippen LogP contribution < -0.4 is 5.73 Å². The molecule has 0 unspecified atom stereocenters. The van der Waals surface area contributed by atoms with Crippen molar-refractivity contribution in [2.24, 2.45) is 11.7 Å². The number of rotatable bonds is 5. The van der Waals surface area contributed by atoms with Crippen molar-refractivity contribution < 1.29 is 14.3 Å². The molecule has 1 amide bonds. The molecule has 5 rings (SSSR count). The Labute approximate surface area is 190 Å². The van der Waals surface area contributed by atoms with Crippen LogP contribution in [-0.4, -0.2) is 43.6 Å². The van der Waals surface area contributed by atoms with Crippen LogP contribution in [0.1, 0.15) is 29.3 Å². The van der Waals surface area contributed by atoms with Crippen LogP contribution in [0, 0.1) is 5.92 Å². The second kappa shape index (κ2) is 8.10. The average Bonchev–Trinajstić information content (AvgIpc) is 3.48. The van der Waals surface area contributed by atoms with Gasteiger partial charge in [-0.3, -0.25) is 9.69 Å². The molecule has 31 heavy (non-hydrogen) atoms. The number of aromatic nitrogens is 3. The molecule has 3 aromatic heterocycles. The maximum absolute atomic E-state index is 11.6. The molecule has 1 aliphatic rings. The van der Waals surface area contributed by atoms with Gasteiger partial charge in [-0.15, -0.1) is 5.10 Å². The molecule has 1 atom stereocenters. The van der Waals surface area contributed by atoms with Crippen LogP contribution in [-0.2, 0) is 4.79 Å². The minimum Gasteiger partial charge on any atom is -0.492 e. The maximum Gasteiger partial charge on any atom is 0.230 e. The Morgan fingerprint density at radius 3 is 2.74 bits per heavy atom. The van der Waals surface area contributed by atoms with Crippen molar-refractivity contribution in [2.45, 2.75) is 18.9 Å². The Hall–Kier alpha value is -2.69. The van der Waals surface area contributed by atoms with Gasteiger partial charge in [-0.05, 0) is 55.8 Å². The van der Waals surface area contributed by atoms with Crippen molar-refractivity contribution in [3.05, 3.63) is 57.6 Å². The summed E-state index contributed by atoms with van der Waals surface area (Å²) in [5, 5.41) is 15.5. The highest BCUT2D eigenvalue weighted by Gasteiger charge is 2.33. The van der Waals surface area contributed by atoms with Gasteiger partial charge in [-0.1, -0.05) is 39.4 Å². The molecule has 0 radical (unpaired) electrons. The zero-order valence-electron chi connectivity index (χ0n) is 16.4. The highest BCUT2D eigenvalue weighted by molar-refractivity contribution is 9.10. The molecular weight excluding hydrogens is 482 g/mol. The topological polar surface area (TPSA) is 110 Å². The number of carbonyl (C=O) groups is 1. The Balaban J connectivity index is 1.55. The summed E-state index contributed by atoms with van der Waals surface area (Å²) in [5.74, 6) is 0.692. The van der Waals surface area contributed by atoms with E-state index >= 15 is 0 Å². The lowest BCUT2D eigenvalue weighted by Gasteiger charge is -2.36. The fourth-order valence-corrected chi connectivity index (χ4v) is 5.62. The molecule has 0 aliphatic carbocycles. The van der Waals surface area contributed by atoms with Crippen molar-refractivity contribution in [3.8, 4) is 17.5 Å². The van der Waals surface area contributed by atoms with Gasteiger partial charge in [0.25, 0.3) is 0 Å². The van der Waals surface area contributed by atoms with Gasteiger partial charge in [0, 0.05) is 10.4 Å². The van der Waals surface area contributed by atoms with Gasteiger partial charge in [0.2, 0.25) is 22.6 Å². The van der Waals surface area contributed by atoms with E-state index in [0.29, 0.717) is 42.5 Å². The number of likely N-dealkylation sites (tertiary alicyclic amines) is 1. The minimum atomic E-state index is -0.245. The van der Waals surface area contributed by atoms with E-state index in [4.69, 9.17) is 10.2 Å². The number of carbonyl (C=O) groups excluding carboxylic acids is 1. The van der Waals surface area contributed by atoms with Gasteiger partial charge in [0.15, 0.2) is 5.76 Å². The smallest absolute Gasteiger partial charge is 0.230 e. The first-order valence-electron chi connectivity index (χ1n) is 9.92. The number of halogens is 1. The lowest BCUT2D eigenvalue weighted by Crippen LogP contribution is -2.40. The summed E-state index contributed by atoms with van der Waals surface area (Å²) in [4.78, 5) is 19.8. The normalized spacial score (nSPS) is 16.7. The van der Waals surface area contributed by atoms with Crippen LogP contribution in [0.3, 0.4) is 0 Å². The molecule has 10 heteroatoms. The number of aromatic hydroxyl groups is 1. The lowest BCUT2D eigenvalue weighted by molar-refractivity contribution is -0.123. The van der Waals surface area contributed by atoms with E-state index in [0.717, 1.165) is 14.9 Å². The minimum absolute atomic E-state index is 0.0623. The Kier molecular flexibility index (Phi) is 5.28. The third-order valence-corrected chi connectivity index (χ3v) is 7.22. The van der Waals surface area contributed by atoms with Gasteiger partial charge in [-0.25, -0.2) is 0 Å². The van der Waals surface area contributed by atoms with Gasteiger partial charge in [0.1, 0.15) is 0 Å². The van der Waals surface area contributed by atoms with E-state index in [9.17, 15) is 9.90 Å². The predicted octanol–water partition coefficient (Wildman–Crippen LogP) is 3.81. The van der Waals surface area contributed by atoms with Gasteiger partial charge in [-0.2, -0.15) is 9.50 Å². The summed E-state index contributed by atoms with van der Waals surface area (Å²) in [7, 11) is 0. The molecule has 1 aliphatic heterocycles. The molecule has 3 N–H and O–H groups in total. The summed E-state index contributed by atoms with van der Waals surface area (Å²) < 4.78 is 7.79. The van der Waals surface area contributed by atoms with Crippen LogP contribution in [0.2, 0.25) is 0 Å². The van der Waals surface area contributed by atoms with Crippen LogP contribution in [0.4, 0.5) is 0 Å². The van der Waals surface area contributed by atoms with Crippen LogP contribution >= 0.6 is 27.3 Å². The number of benzene rings is 1. The number of nitrogens with two attached hydrogens (primary N) is 1. The van der Waals surface area contributed by atoms with Crippen molar-refractivity contribution in [3.63, 3.8) is 0 Å². The Bertz CT molecular complexity index is 1230. The van der Waals surface area contributed by atoms with Crippen molar-refractivity contribution in [2.75, 3.05) is 13.1 Å². The fourth-order valence-electron chi connectivity index (χ4n) is 4.09. The second-order valence-corrected chi connectivity index (χ2v) is 9.49. The third-order valence-electron chi connectivity index (χ3n) is 5.65. The number of primary amides is 1. The molecule has 4 aromatic rings. The first-order chi connectivity index (χ1) is 15.0. The van der Waals surface area contributed by atoms with Crippen LogP contribution in [0.15, 0.2) is 51.6 Å². The molecule has 0 bridgehead atoms. The molecule has 1 saturated heterocycles. The molecule has 0 spiro atoms. The highest BCUT2D eigenvalue weighted by atomic mass is 79.9. The summed E-state index contributed by atoms with van der Waals surface area (Å²) in [6.07, 6.45) is 2.96. The van der Waals surface area contributed by atoms with Crippen LogP contribution in [0.5, 0.6) is 5.88 Å². The zero-order valence-corrected chi connectivity index (χ0v) is 18.8. The number of hydrogen-bond donors (Lipinski definition) is 2. The average molecular weight is 502 g/mol. The van der Waals surface area contributed by atoms with E-state index < -0.39 is 0 Å². The molecule has 8 nitrogen and oxygen atoms in total. The van der Waals surface area contributed by atoms with Gasteiger partial charge >= 0.3 is 0 Å². The second-order valence-electron chi connectivity index (χ2n) is 7.57. The lowest BCUT2D eigenvalue weighted by atomic mass is 9.93. The largest absolute Gasteiger partial charge is 0.492 e. The first kappa shape index (κ1) is 20.2. The Morgan fingerprint density at radius 1 is 1.29 bits per heavy atom. The number of hydrogen-bond acceptors (Lipinski definition) is 7. The van der Waals surface area contributed by atoms with E-state index in [1.807, 2.05) is 18.2 Å². The quantitative estimate of drug-likeness (QED) is 0.430. The SMILES string of the molecule is NC(=O)C1CCN([C@@H](c2cccc(Br)c2)c2sc3nc(-c4ccco4)nn3c2O)CC1. The number of nitrogens with zero attached hydrogens (tertiary/aromatic N) is 4. The van der Waals surface area contributed by atoms with Crippen molar-refractivity contribution in [1.29, 1.82) is 0 Å². The van der Waals surface area contributed by atoms with Gasteiger partial charge in [0.05, 0.1) is 17.2 Å². The van der Waals surface area contributed by atoms with E-state index in [1.165, 1.54) is 15.9 Å². The monoisotopic (exact) mass is 501 g/mol. The molecule has 160 valence electrons. The summed E-state index contributed by atoms with van der Waals surface area (Å²) >= 11 is 4.95. The Morgan fingerprint density at radius 2 is 2.10 bits per heavy atom. The van der Waals surface area contributed by atoms with E-state index in [1.54, 1.807) is 18.4 Å². The van der Waals surface area contributed by atoms with E-state index in [-0.39, 0.29) is 23.7 Å². The fraction of sp³-hybridized carbons (Fsp3) is 0.286. The zero-order chi connectivity index (χ0) is 21.5. The molecule has 0 saturated carbocycles. The van der Waals surface area contributed by atoms with E-state index in [2.05, 4.69) is 37.0 Å². The first-order valence-corrected chi connectivity index (χ1v) is 11.5. The molecule has 1 fully saturated rings. The summed E-state index contributed by atoms with van der Waals surface area (Å²) in [6.45, 7) is 1.41.